The van der Waals surface area contributed by atoms with Crippen LogP contribution in [0.25, 0.3) is 0 Å². The molecule has 0 radical (unpaired) electrons. The minimum atomic E-state index is -3.72. The second-order valence-corrected chi connectivity index (χ2v) is 8.37. The molecule has 0 saturated heterocycles. The molecule has 1 atom stereocenters. The molecule has 0 saturated carbocycles. The lowest BCUT2D eigenvalue weighted by Gasteiger charge is -2.27. The summed E-state index contributed by atoms with van der Waals surface area (Å²) in [5, 5.41) is 2.49. The third-order valence-electron chi connectivity index (χ3n) is 4.46. The van der Waals surface area contributed by atoms with Crippen LogP contribution in [0.3, 0.4) is 0 Å². The van der Waals surface area contributed by atoms with E-state index in [1.54, 1.807) is 7.05 Å². The van der Waals surface area contributed by atoms with Crippen LogP contribution in [0.1, 0.15) is 29.9 Å². The predicted molar refractivity (Wildman–Crippen MR) is 92.4 cm³/mol. The van der Waals surface area contributed by atoms with E-state index in [2.05, 4.69) is 10.0 Å². The van der Waals surface area contributed by atoms with Gasteiger partial charge in [0, 0.05) is 36.6 Å². The van der Waals surface area contributed by atoms with Crippen molar-refractivity contribution in [3.63, 3.8) is 0 Å². The van der Waals surface area contributed by atoms with Crippen molar-refractivity contribution in [3.05, 3.63) is 47.3 Å². The second-order valence-electron chi connectivity index (χ2n) is 6.69. The number of sulfonamides is 1. The Hall–Kier alpha value is -2.26. The van der Waals surface area contributed by atoms with E-state index in [1.165, 1.54) is 16.8 Å². The Morgan fingerprint density at radius 1 is 1.31 bits per heavy atom. The van der Waals surface area contributed by atoms with Gasteiger partial charge in [0.2, 0.25) is 10.0 Å². The third kappa shape index (κ3) is 3.24. The van der Waals surface area contributed by atoms with Crippen LogP contribution < -0.4 is 10.0 Å². The molecule has 1 aliphatic heterocycles. The number of halogens is 2. The van der Waals surface area contributed by atoms with Crippen molar-refractivity contribution in [2.75, 3.05) is 5.32 Å². The molecule has 6 nitrogen and oxygen atoms in total. The molecule has 1 aromatic carbocycles. The summed E-state index contributed by atoms with van der Waals surface area (Å²) in [6, 6.07) is 2.69. The van der Waals surface area contributed by atoms with Crippen LogP contribution in [0.4, 0.5) is 14.5 Å². The van der Waals surface area contributed by atoms with E-state index in [4.69, 9.17) is 0 Å². The summed E-state index contributed by atoms with van der Waals surface area (Å²) < 4.78 is 55.4. The largest absolute Gasteiger partial charge is 0.345 e. The Balaban J connectivity index is 2.00. The standard InChI is InChI=1S/C17H19F2N3O3S/c1-9(2)14-7-11-15(26(24,25)21-14)8-22(3)16(11)17(23)20-10-4-5-12(18)13(19)6-10/h4-6,8-9,14,21H,7H2,1-3H3,(H,20,23). The molecule has 140 valence electrons. The zero-order valence-corrected chi connectivity index (χ0v) is 15.3. The van der Waals surface area contributed by atoms with Crippen molar-refractivity contribution in [2.45, 2.75) is 31.2 Å². The van der Waals surface area contributed by atoms with E-state index in [9.17, 15) is 22.0 Å². The van der Waals surface area contributed by atoms with Gasteiger partial charge in [0.15, 0.2) is 11.6 Å². The van der Waals surface area contributed by atoms with Crippen molar-refractivity contribution in [2.24, 2.45) is 13.0 Å². The molecule has 0 aliphatic carbocycles. The Kier molecular flexibility index (Phi) is 4.61. The molecular weight excluding hydrogens is 364 g/mol. The number of aryl methyl sites for hydroxylation is 1. The van der Waals surface area contributed by atoms with Gasteiger partial charge >= 0.3 is 0 Å². The number of nitrogens with zero attached hydrogens (tertiary/aromatic N) is 1. The maximum Gasteiger partial charge on any atom is 0.272 e. The van der Waals surface area contributed by atoms with E-state index in [0.717, 1.165) is 12.1 Å². The zero-order valence-electron chi connectivity index (χ0n) is 14.5. The predicted octanol–water partition coefficient (Wildman–Crippen LogP) is 2.41. The fraction of sp³-hybridized carbons (Fsp3) is 0.353. The number of carbonyl (C=O) groups is 1. The number of anilines is 1. The Morgan fingerprint density at radius 2 is 2.00 bits per heavy atom. The lowest BCUT2D eigenvalue weighted by molar-refractivity contribution is 0.101. The van der Waals surface area contributed by atoms with Crippen LogP contribution in [0.15, 0.2) is 29.3 Å². The first kappa shape index (κ1) is 18.5. The molecule has 1 unspecified atom stereocenters. The van der Waals surface area contributed by atoms with Gasteiger partial charge in [0.1, 0.15) is 10.6 Å². The minimum Gasteiger partial charge on any atom is -0.345 e. The normalized spacial score (nSPS) is 18.6. The molecule has 9 heteroatoms. The minimum absolute atomic E-state index is 0.0419. The summed E-state index contributed by atoms with van der Waals surface area (Å²) >= 11 is 0. The number of carbonyl (C=O) groups excluding carboxylic acids is 1. The molecular formula is C17H19F2N3O3S. The highest BCUT2D eigenvalue weighted by Gasteiger charge is 2.36. The van der Waals surface area contributed by atoms with Gasteiger partial charge in [0.05, 0.1) is 0 Å². The van der Waals surface area contributed by atoms with E-state index in [0.29, 0.717) is 12.0 Å². The highest BCUT2D eigenvalue weighted by molar-refractivity contribution is 7.89. The number of benzene rings is 1. The van der Waals surface area contributed by atoms with Gasteiger partial charge in [0.25, 0.3) is 5.91 Å². The maximum atomic E-state index is 13.3. The van der Waals surface area contributed by atoms with Crippen molar-refractivity contribution in [3.8, 4) is 0 Å². The van der Waals surface area contributed by atoms with Gasteiger partial charge in [-0.05, 0) is 24.5 Å². The third-order valence-corrected chi connectivity index (χ3v) is 6.01. The molecule has 3 rings (SSSR count). The van der Waals surface area contributed by atoms with Crippen LogP contribution in [-0.2, 0) is 23.5 Å². The summed E-state index contributed by atoms with van der Waals surface area (Å²) in [6.45, 7) is 3.78. The number of hydrogen-bond donors (Lipinski definition) is 2. The van der Waals surface area contributed by atoms with Gasteiger partial charge < -0.3 is 9.88 Å². The number of nitrogens with one attached hydrogen (secondary N) is 2. The molecule has 26 heavy (non-hydrogen) atoms. The topological polar surface area (TPSA) is 80.2 Å². The number of aromatic nitrogens is 1. The zero-order chi connectivity index (χ0) is 19.2. The maximum absolute atomic E-state index is 13.3. The molecule has 1 amide bonds. The fourth-order valence-corrected chi connectivity index (χ4v) is 4.72. The summed E-state index contributed by atoms with van der Waals surface area (Å²) in [7, 11) is -2.15. The summed E-state index contributed by atoms with van der Waals surface area (Å²) in [5.74, 6) is -2.64. The summed E-state index contributed by atoms with van der Waals surface area (Å²) in [6.07, 6.45) is 1.75. The molecule has 2 N–H and O–H groups in total. The Bertz CT molecular complexity index is 983. The monoisotopic (exact) mass is 383 g/mol. The number of fused-ring (bicyclic) bond motifs is 1. The lowest BCUT2D eigenvalue weighted by Crippen LogP contribution is -2.44. The second kappa shape index (κ2) is 6.48. The average molecular weight is 383 g/mol. The smallest absolute Gasteiger partial charge is 0.272 e. The first-order chi connectivity index (χ1) is 12.1. The Morgan fingerprint density at radius 3 is 2.62 bits per heavy atom. The van der Waals surface area contributed by atoms with Gasteiger partial charge in [-0.25, -0.2) is 21.9 Å². The number of rotatable bonds is 3. The average Bonchev–Trinajstić information content (AvgIpc) is 2.87. The molecule has 0 spiro atoms. The highest BCUT2D eigenvalue weighted by Crippen LogP contribution is 2.30. The number of amides is 1. The van der Waals surface area contributed by atoms with Crippen molar-refractivity contribution < 1.29 is 22.0 Å². The first-order valence-corrected chi connectivity index (χ1v) is 9.55. The van der Waals surface area contributed by atoms with E-state index in [1.807, 2.05) is 13.8 Å². The SMILES string of the molecule is CC(C)C1Cc2c(cn(C)c2C(=O)Nc2ccc(F)c(F)c2)S(=O)(=O)N1. The van der Waals surface area contributed by atoms with Crippen LogP contribution in [-0.4, -0.2) is 24.9 Å². The molecule has 0 fully saturated rings. The van der Waals surface area contributed by atoms with Crippen LogP contribution in [0, 0.1) is 17.6 Å². The van der Waals surface area contributed by atoms with Crippen LogP contribution in [0.5, 0.6) is 0 Å². The van der Waals surface area contributed by atoms with Crippen LogP contribution >= 0.6 is 0 Å². The van der Waals surface area contributed by atoms with E-state index in [-0.39, 0.29) is 28.2 Å². The molecule has 1 aliphatic rings. The number of hydrogen-bond acceptors (Lipinski definition) is 3. The molecule has 2 heterocycles. The molecule has 0 bridgehead atoms. The first-order valence-electron chi connectivity index (χ1n) is 8.07. The van der Waals surface area contributed by atoms with Crippen LogP contribution in [0.2, 0.25) is 0 Å². The molecule has 1 aromatic heterocycles. The summed E-state index contributed by atoms with van der Waals surface area (Å²) in [5.41, 5.74) is 0.687. The van der Waals surface area contributed by atoms with E-state index >= 15 is 0 Å². The quantitative estimate of drug-likeness (QED) is 0.854. The molecule has 2 aromatic rings. The highest BCUT2D eigenvalue weighted by atomic mass is 32.2. The summed E-state index contributed by atoms with van der Waals surface area (Å²) in [4.78, 5) is 12.8. The van der Waals surface area contributed by atoms with Gasteiger partial charge in [-0.3, -0.25) is 4.79 Å². The van der Waals surface area contributed by atoms with Crippen molar-refractivity contribution in [1.29, 1.82) is 0 Å². The van der Waals surface area contributed by atoms with Crippen molar-refractivity contribution >= 4 is 21.6 Å². The fourth-order valence-electron chi connectivity index (χ4n) is 3.03. The van der Waals surface area contributed by atoms with Gasteiger partial charge in [-0.2, -0.15) is 0 Å². The van der Waals surface area contributed by atoms with Gasteiger partial charge in [-0.1, -0.05) is 13.8 Å². The van der Waals surface area contributed by atoms with E-state index < -0.39 is 27.6 Å². The Labute approximate surface area is 150 Å². The van der Waals surface area contributed by atoms with Crippen molar-refractivity contribution in [1.82, 2.24) is 9.29 Å². The lowest BCUT2D eigenvalue weighted by atomic mass is 9.97. The van der Waals surface area contributed by atoms with Gasteiger partial charge in [-0.15, -0.1) is 0 Å².